The SMILES string of the molecule is CN(C(=O)Oc1cc(Oc2ccc(F)cc2)ccc1N)C(C)(C)C. The summed E-state index contributed by atoms with van der Waals surface area (Å²) in [4.78, 5) is 13.7. The Morgan fingerprint density at radius 3 is 2.25 bits per heavy atom. The van der Waals surface area contributed by atoms with Crippen LogP contribution in [0.2, 0.25) is 0 Å². The van der Waals surface area contributed by atoms with Gasteiger partial charge in [0, 0.05) is 18.7 Å². The van der Waals surface area contributed by atoms with Gasteiger partial charge in [0.05, 0.1) is 5.69 Å². The molecule has 0 heterocycles. The van der Waals surface area contributed by atoms with Gasteiger partial charge in [-0.3, -0.25) is 0 Å². The van der Waals surface area contributed by atoms with E-state index in [0.29, 0.717) is 17.2 Å². The van der Waals surface area contributed by atoms with Crippen molar-refractivity contribution in [3.05, 3.63) is 48.3 Å². The summed E-state index contributed by atoms with van der Waals surface area (Å²) in [6.45, 7) is 5.68. The molecular weight excluding hydrogens is 311 g/mol. The second-order valence-corrected chi connectivity index (χ2v) is 6.35. The average molecular weight is 332 g/mol. The van der Waals surface area contributed by atoms with Crippen molar-refractivity contribution in [2.45, 2.75) is 26.3 Å². The highest BCUT2D eigenvalue weighted by Gasteiger charge is 2.24. The van der Waals surface area contributed by atoms with E-state index in [4.69, 9.17) is 15.2 Å². The molecule has 2 aromatic carbocycles. The van der Waals surface area contributed by atoms with E-state index >= 15 is 0 Å². The number of carbonyl (C=O) groups is 1. The Kier molecular flexibility index (Phi) is 4.97. The maximum absolute atomic E-state index is 12.9. The van der Waals surface area contributed by atoms with Crippen molar-refractivity contribution in [2.75, 3.05) is 12.8 Å². The molecule has 1 amide bonds. The molecule has 6 heteroatoms. The zero-order chi connectivity index (χ0) is 17.9. The third-order valence-electron chi connectivity index (χ3n) is 3.51. The fourth-order valence-electron chi connectivity index (χ4n) is 1.74. The van der Waals surface area contributed by atoms with E-state index in [9.17, 15) is 9.18 Å². The van der Waals surface area contributed by atoms with Crippen LogP contribution in [0.15, 0.2) is 42.5 Å². The second kappa shape index (κ2) is 6.78. The molecule has 128 valence electrons. The highest BCUT2D eigenvalue weighted by molar-refractivity contribution is 5.74. The lowest BCUT2D eigenvalue weighted by atomic mass is 10.1. The van der Waals surface area contributed by atoms with Gasteiger partial charge >= 0.3 is 6.09 Å². The van der Waals surface area contributed by atoms with Crippen LogP contribution < -0.4 is 15.2 Å². The monoisotopic (exact) mass is 332 g/mol. The summed E-state index contributed by atoms with van der Waals surface area (Å²) in [5, 5.41) is 0. The van der Waals surface area contributed by atoms with Gasteiger partial charge in [0.2, 0.25) is 0 Å². The predicted molar refractivity (Wildman–Crippen MR) is 90.9 cm³/mol. The molecule has 0 aliphatic rings. The van der Waals surface area contributed by atoms with Crippen LogP contribution >= 0.6 is 0 Å². The van der Waals surface area contributed by atoms with Crippen LogP contribution in [0.5, 0.6) is 17.2 Å². The Morgan fingerprint density at radius 2 is 1.67 bits per heavy atom. The first kappa shape index (κ1) is 17.6. The zero-order valence-electron chi connectivity index (χ0n) is 14.2. The number of carbonyl (C=O) groups excluding carboxylic acids is 1. The van der Waals surface area contributed by atoms with Gasteiger partial charge in [-0.1, -0.05) is 0 Å². The van der Waals surface area contributed by atoms with Gasteiger partial charge in [-0.25, -0.2) is 9.18 Å². The van der Waals surface area contributed by atoms with E-state index < -0.39 is 6.09 Å². The molecule has 0 aliphatic carbocycles. The lowest BCUT2D eigenvalue weighted by Crippen LogP contribution is -2.44. The topological polar surface area (TPSA) is 64.8 Å². The number of hydrogen-bond donors (Lipinski definition) is 1. The van der Waals surface area contributed by atoms with Crippen LogP contribution in [-0.4, -0.2) is 23.6 Å². The van der Waals surface area contributed by atoms with Crippen LogP contribution in [0.1, 0.15) is 20.8 Å². The number of halogens is 1. The Bertz CT molecular complexity index is 724. The minimum atomic E-state index is -0.520. The molecule has 0 atom stereocenters. The van der Waals surface area contributed by atoms with Gasteiger partial charge in [0.15, 0.2) is 5.75 Å². The molecule has 2 N–H and O–H groups in total. The molecule has 0 aromatic heterocycles. The number of rotatable bonds is 3. The van der Waals surface area contributed by atoms with E-state index in [1.165, 1.54) is 35.2 Å². The maximum Gasteiger partial charge on any atom is 0.415 e. The first-order chi connectivity index (χ1) is 11.2. The third kappa shape index (κ3) is 4.38. The lowest BCUT2D eigenvalue weighted by molar-refractivity contribution is 0.124. The standard InChI is InChI=1S/C18H21FN2O3/c1-18(2,3)21(4)17(22)24-16-11-14(9-10-15(16)20)23-13-7-5-12(19)6-8-13/h5-11H,20H2,1-4H3. The highest BCUT2D eigenvalue weighted by atomic mass is 19.1. The number of nitrogens with two attached hydrogens (primary N) is 1. The van der Waals surface area contributed by atoms with Crippen molar-refractivity contribution < 1.29 is 18.7 Å². The minimum absolute atomic E-state index is 0.204. The molecule has 0 bridgehead atoms. The fourth-order valence-corrected chi connectivity index (χ4v) is 1.74. The largest absolute Gasteiger partial charge is 0.457 e. The maximum atomic E-state index is 12.9. The Labute approximate surface area is 140 Å². The van der Waals surface area contributed by atoms with E-state index in [1.807, 2.05) is 20.8 Å². The number of nitrogens with zero attached hydrogens (tertiary/aromatic N) is 1. The van der Waals surface area contributed by atoms with Gasteiger partial charge in [-0.2, -0.15) is 0 Å². The summed E-state index contributed by atoms with van der Waals surface area (Å²) in [5.74, 6) is 0.748. The van der Waals surface area contributed by atoms with E-state index in [0.717, 1.165) is 0 Å². The number of nitrogen functional groups attached to an aromatic ring is 1. The summed E-state index contributed by atoms with van der Waals surface area (Å²) in [6.07, 6.45) is -0.520. The van der Waals surface area contributed by atoms with E-state index in [2.05, 4.69) is 0 Å². The van der Waals surface area contributed by atoms with Crippen LogP contribution in [-0.2, 0) is 0 Å². The first-order valence-electron chi connectivity index (χ1n) is 7.45. The summed E-state index contributed by atoms with van der Waals surface area (Å²) in [6, 6.07) is 10.3. The second-order valence-electron chi connectivity index (χ2n) is 6.35. The van der Waals surface area contributed by atoms with Crippen LogP contribution in [0, 0.1) is 5.82 Å². The normalized spacial score (nSPS) is 11.0. The molecule has 24 heavy (non-hydrogen) atoms. The molecule has 0 radical (unpaired) electrons. The molecule has 5 nitrogen and oxygen atoms in total. The van der Waals surface area contributed by atoms with Crippen molar-refractivity contribution in [1.29, 1.82) is 0 Å². The molecular formula is C18H21FN2O3. The summed E-state index contributed by atoms with van der Waals surface area (Å²) in [7, 11) is 1.65. The molecule has 2 aromatic rings. The number of ether oxygens (including phenoxy) is 2. The van der Waals surface area contributed by atoms with Gasteiger partial charge in [-0.05, 0) is 57.2 Å². The summed E-state index contributed by atoms with van der Waals surface area (Å²) >= 11 is 0. The smallest absolute Gasteiger partial charge is 0.415 e. The van der Waals surface area contributed by atoms with Crippen LogP contribution in [0.25, 0.3) is 0 Å². The van der Waals surface area contributed by atoms with Gasteiger partial charge in [0.25, 0.3) is 0 Å². The molecule has 0 fully saturated rings. The molecule has 0 saturated heterocycles. The fraction of sp³-hybridized carbons (Fsp3) is 0.278. The number of benzene rings is 2. The number of anilines is 1. The molecule has 0 saturated carbocycles. The predicted octanol–water partition coefficient (Wildman–Crippen LogP) is 4.43. The summed E-state index contributed by atoms with van der Waals surface area (Å²) in [5.41, 5.74) is 5.80. The van der Waals surface area contributed by atoms with Gasteiger partial charge < -0.3 is 20.1 Å². The zero-order valence-corrected chi connectivity index (χ0v) is 14.2. The third-order valence-corrected chi connectivity index (χ3v) is 3.51. The van der Waals surface area contributed by atoms with Crippen molar-refractivity contribution in [2.24, 2.45) is 0 Å². The summed E-state index contributed by atoms with van der Waals surface area (Å²) < 4.78 is 23.9. The van der Waals surface area contributed by atoms with Crippen LogP contribution in [0.4, 0.5) is 14.9 Å². The van der Waals surface area contributed by atoms with E-state index in [1.54, 1.807) is 19.2 Å². The molecule has 0 aliphatic heterocycles. The number of hydrogen-bond acceptors (Lipinski definition) is 4. The lowest BCUT2D eigenvalue weighted by Gasteiger charge is -2.30. The van der Waals surface area contributed by atoms with Crippen molar-refractivity contribution in [3.63, 3.8) is 0 Å². The highest BCUT2D eigenvalue weighted by Crippen LogP contribution is 2.31. The molecule has 0 unspecified atom stereocenters. The minimum Gasteiger partial charge on any atom is -0.457 e. The van der Waals surface area contributed by atoms with E-state index in [-0.39, 0.29) is 17.1 Å². The van der Waals surface area contributed by atoms with Crippen molar-refractivity contribution >= 4 is 11.8 Å². The van der Waals surface area contributed by atoms with Gasteiger partial charge in [-0.15, -0.1) is 0 Å². The Hall–Kier alpha value is -2.76. The molecule has 2 rings (SSSR count). The number of amides is 1. The van der Waals surface area contributed by atoms with Crippen molar-refractivity contribution in [3.8, 4) is 17.2 Å². The van der Waals surface area contributed by atoms with Crippen molar-refractivity contribution in [1.82, 2.24) is 4.90 Å². The van der Waals surface area contributed by atoms with Gasteiger partial charge in [0.1, 0.15) is 17.3 Å². The van der Waals surface area contributed by atoms with Crippen LogP contribution in [0.3, 0.4) is 0 Å². The molecule has 0 spiro atoms. The first-order valence-corrected chi connectivity index (χ1v) is 7.45. The Morgan fingerprint density at radius 1 is 1.08 bits per heavy atom. The average Bonchev–Trinajstić information content (AvgIpc) is 2.51. The quantitative estimate of drug-likeness (QED) is 0.845. The Balaban J connectivity index is 2.16.